The molecule has 1 amide bonds. The molecule has 2 aliphatic rings. The predicted molar refractivity (Wildman–Crippen MR) is 117 cm³/mol. The van der Waals surface area contributed by atoms with Crippen molar-refractivity contribution in [2.45, 2.75) is 0 Å². The lowest BCUT2D eigenvalue weighted by Crippen LogP contribution is -2.41. The molecule has 0 atom stereocenters. The van der Waals surface area contributed by atoms with E-state index in [2.05, 4.69) is 49.5 Å². The summed E-state index contributed by atoms with van der Waals surface area (Å²) in [5.41, 5.74) is 4.03. The third kappa shape index (κ3) is 4.68. The summed E-state index contributed by atoms with van der Waals surface area (Å²) in [5, 5.41) is 7.25. The maximum absolute atomic E-state index is 12.3. The molecular weight excluding hydrogens is 396 g/mol. The zero-order chi connectivity index (χ0) is 21.0. The van der Waals surface area contributed by atoms with E-state index in [-0.39, 0.29) is 5.91 Å². The molecule has 0 unspecified atom stereocenters. The van der Waals surface area contributed by atoms with Crippen molar-refractivity contribution in [2.75, 3.05) is 69.4 Å². The number of nitrogens with zero attached hydrogens (tertiary/aromatic N) is 5. The van der Waals surface area contributed by atoms with Crippen molar-refractivity contribution in [2.24, 2.45) is 0 Å². The molecule has 3 aromatic rings. The number of carbonyl (C=O) groups is 1. The summed E-state index contributed by atoms with van der Waals surface area (Å²) in [4.78, 5) is 21.2. The van der Waals surface area contributed by atoms with Gasteiger partial charge in [0.2, 0.25) is 11.9 Å². The molecule has 0 bridgehead atoms. The number of pyridine rings is 1. The molecule has 0 aliphatic carbocycles. The molecule has 4 heterocycles. The van der Waals surface area contributed by atoms with Crippen LogP contribution in [-0.4, -0.2) is 84.6 Å². The molecule has 2 saturated heterocycles. The van der Waals surface area contributed by atoms with Gasteiger partial charge in [-0.1, -0.05) is 12.1 Å². The van der Waals surface area contributed by atoms with Gasteiger partial charge in [0.15, 0.2) is 5.65 Å². The third-order valence-electron chi connectivity index (χ3n) is 5.61. The van der Waals surface area contributed by atoms with E-state index in [1.807, 2.05) is 18.3 Å². The smallest absolute Gasteiger partial charge is 0.249 e. The topological polar surface area (TPSA) is 84.2 Å². The minimum atomic E-state index is -0.115. The fourth-order valence-corrected chi connectivity index (χ4v) is 3.94. The second-order valence-corrected chi connectivity index (χ2v) is 7.74. The Labute approximate surface area is 180 Å². The SMILES string of the molecule is O=C(CN1CCOCC1)Nc1nc2ccc(-c3cccc(N4CCOCC4)c3)cn2n1. The van der Waals surface area contributed by atoms with Crippen molar-refractivity contribution in [1.29, 1.82) is 0 Å². The van der Waals surface area contributed by atoms with Crippen LogP contribution < -0.4 is 10.2 Å². The van der Waals surface area contributed by atoms with Gasteiger partial charge in [-0.15, -0.1) is 5.10 Å². The van der Waals surface area contributed by atoms with Gasteiger partial charge in [0.05, 0.1) is 33.0 Å². The molecule has 162 valence electrons. The number of amides is 1. The van der Waals surface area contributed by atoms with Gasteiger partial charge in [0.25, 0.3) is 0 Å². The first-order valence-electron chi connectivity index (χ1n) is 10.6. The summed E-state index contributed by atoms with van der Waals surface area (Å²) in [7, 11) is 0. The molecule has 0 spiro atoms. The highest BCUT2D eigenvalue weighted by atomic mass is 16.5. The maximum Gasteiger partial charge on any atom is 0.249 e. The van der Waals surface area contributed by atoms with Crippen LogP contribution in [0.3, 0.4) is 0 Å². The second kappa shape index (κ2) is 9.01. The Bertz CT molecular complexity index is 1060. The summed E-state index contributed by atoms with van der Waals surface area (Å²) < 4.78 is 12.5. The van der Waals surface area contributed by atoms with Crippen LogP contribution in [0.5, 0.6) is 0 Å². The molecule has 2 aliphatic heterocycles. The van der Waals surface area contributed by atoms with Crippen LogP contribution in [0.25, 0.3) is 16.8 Å². The number of rotatable bonds is 5. The minimum absolute atomic E-state index is 0.115. The largest absolute Gasteiger partial charge is 0.379 e. The first-order chi connectivity index (χ1) is 15.2. The Morgan fingerprint density at radius 3 is 2.55 bits per heavy atom. The number of nitrogens with one attached hydrogen (secondary N) is 1. The zero-order valence-electron chi connectivity index (χ0n) is 17.4. The number of morpholine rings is 2. The first-order valence-corrected chi connectivity index (χ1v) is 10.6. The predicted octanol–water partition coefficient (Wildman–Crippen LogP) is 1.50. The number of hydrogen-bond donors (Lipinski definition) is 1. The molecule has 9 nitrogen and oxygen atoms in total. The standard InChI is InChI=1S/C22H26N6O3/c29-21(16-26-6-10-30-11-7-26)24-22-23-20-5-4-18(15-28(20)25-22)17-2-1-3-19(14-17)27-8-12-31-13-9-27/h1-5,14-15H,6-13,16H2,(H,24,25,29). The highest BCUT2D eigenvalue weighted by Crippen LogP contribution is 2.25. The molecular formula is C22H26N6O3. The number of benzene rings is 1. The van der Waals surface area contributed by atoms with E-state index in [0.717, 1.165) is 50.5 Å². The van der Waals surface area contributed by atoms with Gasteiger partial charge in [-0.25, -0.2) is 4.52 Å². The number of ether oxygens (including phenoxy) is 2. The molecule has 9 heteroatoms. The number of aromatic nitrogens is 3. The summed E-state index contributed by atoms with van der Waals surface area (Å²) in [6, 6.07) is 12.4. The van der Waals surface area contributed by atoms with Crippen molar-refractivity contribution < 1.29 is 14.3 Å². The van der Waals surface area contributed by atoms with Gasteiger partial charge >= 0.3 is 0 Å². The number of hydrogen-bond acceptors (Lipinski definition) is 7. The summed E-state index contributed by atoms with van der Waals surface area (Å²) in [6.45, 7) is 6.49. The molecule has 1 aromatic carbocycles. The van der Waals surface area contributed by atoms with Gasteiger partial charge in [-0.2, -0.15) is 4.98 Å². The van der Waals surface area contributed by atoms with E-state index in [1.165, 1.54) is 5.69 Å². The van der Waals surface area contributed by atoms with Crippen LogP contribution in [0.4, 0.5) is 11.6 Å². The summed E-state index contributed by atoms with van der Waals surface area (Å²) >= 11 is 0. The maximum atomic E-state index is 12.3. The zero-order valence-corrected chi connectivity index (χ0v) is 17.4. The minimum Gasteiger partial charge on any atom is -0.379 e. The molecule has 1 N–H and O–H groups in total. The van der Waals surface area contributed by atoms with E-state index >= 15 is 0 Å². The fraction of sp³-hybridized carbons (Fsp3) is 0.409. The van der Waals surface area contributed by atoms with Crippen molar-refractivity contribution >= 4 is 23.2 Å². The molecule has 5 rings (SSSR count). The number of carbonyl (C=O) groups excluding carboxylic acids is 1. The van der Waals surface area contributed by atoms with Gasteiger partial charge in [-0.05, 0) is 29.8 Å². The highest BCUT2D eigenvalue weighted by molar-refractivity contribution is 5.90. The van der Waals surface area contributed by atoms with Crippen LogP contribution in [0.15, 0.2) is 42.6 Å². The summed E-state index contributed by atoms with van der Waals surface area (Å²) in [6.07, 6.45) is 1.94. The lowest BCUT2D eigenvalue weighted by molar-refractivity contribution is -0.118. The molecule has 0 radical (unpaired) electrons. The molecule has 2 fully saturated rings. The molecule has 0 saturated carbocycles. The molecule has 31 heavy (non-hydrogen) atoms. The van der Waals surface area contributed by atoms with Crippen molar-refractivity contribution in [3.8, 4) is 11.1 Å². The van der Waals surface area contributed by atoms with Crippen molar-refractivity contribution in [3.63, 3.8) is 0 Å². The Morgan fingerprint density at radius 2 is 1.74 bits per heavy atom. The average Bonchev–Trinajstić information content (AvgIpc) is 3.21. The monoisotopic (exact) mass is 422 g/mol. The lowest BCUT2D eigenvalue weighted by atomic mass is 10.1. The summed E-state index contributed by atoms with van der Waals surface area (Å²) in [5.74, 6) is 0.203. The van der Waals surface area contributed by atoms with E-state index in [0.29, 0.717) is 31.4 Å². The molecule has 2 aromatic heterocycles. The van der Waals surface area contributed by atoms with Crippen LogP contribution in [0, 0.1) is 0 Å². The number of anilines is 2. The van der Waals surface area contributed by atoms with Crippen LogP contribution in [0.1, 0.15) is 0 Å². The Balaban J connectivity index is 1.31. The van der Waals surface area contributed by atoms with E-state index in [9.17, 15) is 4.79 Å². The number of fused-ring (bicyclic) bond motifs is 1. The van der Waals surface area contributed by atoms with Crippen LogP contribution in [-0.2, 0) is 14.3 Å². The Hall–Kier alpha value is -3.01. The third-order valence-corrected chi connectivity index (χ3v) is 5.61. The van der Waals surface area contributed by atoms with Gasteiger partial charge in [0.1, 0.15) is 0 Å². The second-order valence-electron chi connectivity index (χ2n) is 7.74. The fourth-order valence-electron chi connectivity index (χ4n) is 3.94. The lowest BCUT2D eigenvalue weighted by Gasteiger charge is -2.29. The van der Waals surface area contributed by atoms with Gasteiger partial charge < -0.3 is 14.4 Å². The normalized spacial score (nSPS) is 17.7. The first kappa shape index (κ1) is 19.9. The van der Waals surface area contributed by atoms with Crippen molar-refractivity contribution in [3.05, 3.63) is 42.6 Å². The van der Waals surface area contributed by atoms with Gasteiger partial charge in [-0.3, -0.25) is 15.0 Å². The Morgan fingerprint density at radius 1 is 0.968 bits per heavy atom. The highest BCUT2D eigenvalue weighted by Gasteiger charge is 2.16. The van der Waals surface area contributed by atoms with Gasteiger partial charge in [0, 0.05) is 43.6 Å². The quantitative estimate of drug-likeness (QED) is 0.667. The van der Waals surface area contributed by atoms with Crippen LogP contribution >= 0.6 is 0 Å². The van der Waals surface area contributed by atoms with Crippen molar-refractivity contribution in [1.82, 2.24) is 19.5 Å². The van der Waals surface area contributed by atoms with Crippen LogP contribution in [0.2, 0.25) is 0 Å². The van der Waals surface area contributed by atoms with E-state index in [4.69, 9.17) is 9.47 Å². The van der Waals surface area contributed by atoms with E-state index < -0.39 is 0 Å². The Kier molecular flexibility index (Phi) is 5.79. The van der Waals surface area contributed by atoms with E-state index in [1.54, 1.807) is 4.52 Å². The average molecular weight is 422 g/mol.